The average Bonchev–Trinajstić information content (AvgIpc) is 2.41. The molecule has 0 bridgehead atoms. The highest BCUT2D eigenvalue weighted by molar-refractivity contribution is 5.61. The Hall–Kier alpha value is -2.21. The third-order valence-electron chi connectivity index (χ3n) is 2.41. The van der Waals surface area contributed by atoms with Crippen molar-refractivity contribution >= 4 is 11.6 Å². The van der Waals surface area contributed by atoms with Gasteiger partial charge >= 0.3 is 0 Å². The molecule has 0 saturated heterocycles. The van der Waals surface area contributed by atoms with E-state index in [1.165, 1.54) is 6.20 Å². The molecule has 0 aliphatic carbocycles. The van der Waals surface area contributed by atoms with E-state index in [0.717, 1.165) is 18.0 Å². The van der Waals surface area contributed by atoms with Gasteiger partial charge in [0.2, 0.25) is 5.95 Å². The molecule has 6 heteroatoms. The molecule has 0 fully saturated rings. The number of aromatic nitrogens is 3. The summed E-state index contributed by atoms with van der Waals surface area (Å²) in [7, 11) is 4.02. The first kappa shape index (κ1) is 13.2. The van der Waals surface area contributed by atoms with Gasteiger partial charge < -0.3 is 15.0 Å². The van der Waals surface area contributed by atoms with Gasteiger partial charge in [-0.3, -0.25) is 0 Å². The van der Waals surface area contributed by atoms with Crippen LogP contribution in [0.15, 0.2) is 36.7 Å². The summed E-state index contributed by atoms with van der Waals surface area (Å²) in [6.07, 6.45) is 3.12. The van der Waals surface area contributed by atoms with Crippen LogP contribution in [0.3, 0.4) is 0 Å². The lowest BCUT2D eigenvalue weighted by Gasteiger charge is -2.14. The van der Waals surface area contributed by atoms with Crippen LogP contribution in [-0.2, 0) is 0 Å². The molecule has 0 saturated carbocycles. The zero-order valence-corrected chi connectivity index (χ0v) is 11.1. The summed E-state index contributed by atoms with van der Waals surface area (Å²) in [6, 6.07) is 7.69. The minimum absolute atomic E-state index is 0.450. The summed E-state index contributed by atoms with van der Waals surface area (Å²) >= 11 is 0. The maximum atomic E-state index is 5.74. The number of hydrogen-bond acceptors (Lipinski definition) is 6. The first-order chi connectivity index (χ1) is 9.25. The minimum atomic E-state index is 0.450. The molecule has 1 N–H and O–H groups in total. The Morgan fingerprint density at radius 2 is 2.05 bits per heavy atom. The van der Waals surface area contributed by atoms with Crippen LogP contribution in [0.4, 0.5) is 11.6 Å². The Kier molecular flexibility index (Phi) is 4.63. The van der Waals surface area contributed by atoms with Crippen molar-refractivity contribution in [1.82, 2.24) is 20.1 Å². The van der Waals surface area contributed by atoms with Gasteiger partial charge in [-0.1, -0.05) is 12.1 Å². The fraction of sp³-hybridized carbons (Fsp3) is 0.308. The summed E-state index contributed by atoms with van der Waals surface area (Å²) in [5, 5.41) is 10.7. The smallest absolute Gasteiger partial charge is 0.247 e. The van der Waals surface area contributed by atoms with Gasteiger partial charge in [-0.05, 0) is 26.2 Å². The van der Waals surface area contributed by atoms with Crippen LogP contribution >= 0.6 is 0 Å². The molecule has 100 valence electrons. The Bertz CT molecular complexity index is 503. The molecule has 1 heterocycles. The van der Waals surface area contributed by atoms with Crippen molar-refractivity contribution in [3.8, 4) is 5.75 Å². The maximum absolute atomic E-state index is 5.74. The third kappa shape index (κ3) is 4.18. The maximum Gasteiger partial charge on any atom is 0.247 e. The first-order valence-corrected chi connectivity index (χ1v) is 6.03. The molecule has 2 aromatic rings. The molecule has 0 unspecified atom stereocenters. The van der Waals surface area contributed by atoms with Gasteiger partial charge in [0.15, 0.2) is 0 Å². The summed E-state index contributed by atoms with van der Waals surface area (Å²) in [5.41, 5.74) is 0.828. The zero-order valence-electron chi connectivity index (χ0n) is 11.1. The number of hydrogen-bond donors (Lipinski definition) is 1. The Morgan fingerprint density at radius 3 is 2.79 bits per heavy atom. The summed E-state index contributed by atoms with van der Waals surface area (Å²) in [4.78, 5) is 6.14. The number of anilines is 2. The fourth-order valence-electron chi connectivity index (χ4n) is 1.46. The van der Waals surface area contributed by atoms with Crippen molar-refractivity contribution in [1.29, 1.82) is 0 Å². The molecule has 1 aromatic carbocycles. The lowest BCUT2D eigenvalue weighted by atomic mass is 10.3. The van der Waals surface area contributed by atoms with Crippen LogP contribution in [0.1, 0.15) is 0 Å². The number of benzene rings is 1. The summed E-state index contributed by atoms with van der Waals surface area (Å²) in [5.74, 6) is 1.22. The van der Waals surface area contributed by atoms with Crippen LogP contribution in [-0.4, -0.2) is 47.3 Å². The first-order valence-electron chi connectivity index (χ1n) is 6.03. The van der Waals surface area contributed by atoms with E-state index < -0.39 is 0 Å². The van der Waals surface area contributed by atoms with Gasteiger partial charge in [0.1, 0.15) is 12.4 Å². The molecule has 0 amide bonds. The summed E-state index contributed by atoms with van der Waals surface area (Å²) < 4.78 is 5.74. The van der Waals surface area contributed by atoms with Crippen molar-refractivity contribution in [3.05, 3.63) is 36.7 Å². The van der Waals surface area contributed by atoms with Gasteiger partial charge in [0.05, 0.1) is 18.1 Å². The second-order valence-electron chi connectivity index (χ2n) is 4.24. The van der Waals surface area contributed by atoms with Crippen LogP contribution in [0.5, 0.6) is 5.75 Å². The number of para-hydroxylation sites is 2. The molecule has 0 radical (unpaired) electrons. The normalized spacial score (nSPS) is 10.5. The molecule has 0 atom stereocenters. The van der Waals surface area contributed by atoms with Crippen LogP contribution in [0.2, 0.25) is 0 Å². The van der Waals surface area contributed by atoms with Crippen LogP contribution in [0.25, 0.3) is 0 Å². The van der Waals surface area contributed by atoms with Gasteiger partial charge in [0.25, 0.3) is 0 Å². The SMILES string of the molecule is CN(C)CCOc1ccccc1Nc1nccnn1. The van der Waals surface area contributed by atoms with Gasteiger partial charge in [0, 0.05) is 6.54 Å². The second kappa shape index (κ2) is 6.65. The van der Waals surface area contributed by atoms with E-state index in [0.29, 0.717) is 12.6 Å². The highest BCUT2D eigenvalue weighted by Crippen LogP contribution is 2.25. The van der Waals surface area contributed by atoms with Crippen LogP contribution < -0.4 is 10.1 Å². The largest absolute Gasteiger partial charge is 0.490 e. The molecular formula is C13H17N5O. The van der Waals surface area contributed by atoms with Gasteiger partial charge in [-0.2, -0.15) is 5.10 Å². The molecule has 0 aliphatic heterocycles. The van der Waals surface area contributed by atoms with E-state index in [2.05, 4.69) is 25.4 Å². The Morgan fingerprint density at radius 1 is 1.21 bits per heavy atom. The van der Waals surface area contributed by atoms with E-state index >= 15 is 0 Å². The highest BCUT2D eigenvalue weighted by Gasteiger charge is 2.04. The number of nitrogens with one attached hydrogen (secondary N) is 1. The van der Waals surface area contributed by atoms with E-state index in [4.69, 9.17) is 4.74 Å². The molecule has 1 aromatic heterocycles. The van der Waals surface area contributed by atoms with Gasteiger partial charge in [-0.25, -0.2) is 4.98 Å². The monoisotopic (exact) mass is 259 g/mol. The predicted molar refractivity (Wildman–Crippen MR) is 73.6 cm³/mol. The van der Waals surface area contributed by atoms with Crippen molar-refractivity contribution < 1.29 is 4.74 Å². The molecule has 2 rings (SSSR count). The van der Waals surface area contributed by atoms with Crippen molar-refractivity contribution in [2.45, 2.75) is 0 Å². The number of nitrogens with zero attached hydrogens (tertiary/aromatic N) is 4. The fourth-order valence-corrected chi connectivity index (χ4v) is 1.46. The zero-order chi connectivity index (χ0) is 13.5. The molecule has 6 nitrogen and oxygen atoms in total. The molecule has 19 heavy (non-hydrogen) atoms. The van der Waals surface area contributed by atoms with Crippen molar-refractivity contribution in [2.24, 2.45) is 0 Å². The number of likely N-dealkylation sites (N-methyl/N-ethyl adjacent to an activating group) is 1. The summed E-state index contributed by atoms with van der Waals surface area (Å²) in [6.45, 7) is 1.48. The topological polar surface area (TPSA) is 63.2 Å². The van der Waals surface area contributed by atoms with Crippen LogP contribution in [0, 0.1) is 0 Å². The van der Waals surface area contributed by atoms with E-state index in [1.54, 1.807) is 6.20 Å². The quantitative estimate of drug-likeness (QED) is 0.849. The third-order valence-corrected chi connectivity index (χ3v) is 2.41. The lowest BCUT2D eigenvalue weighted by molar-refractivity contribution is 0.262. The van der Waals surface area contributed by atoms with Crippen molar-refractivity contribution in [3.63, 3.8) is 0 Å². The lowest BCUT2D eigenvalue weighted by Crippen LogP contribution is -2.19. The molecule has 0 spiro atoms. The average molecular weight is 259 g/mol. The number of ether oxygens (including phenoxy) is 1. The number of rotatable bonds is 6. The van der Waals surface area contributed by atoms with Crippen molar-refractivity contribution in [2.75, 3.05) is 32.6 Å². The Labute approximate surface area is 112 Å². The molecular weight excluding hydrogens is 242 g/mol. The minimum Gasteiger partial charge on any atom is -0.490 e. The standard InChI is InChI=1S/C13H17N5O/c1-18(2)9-10-19-12-6-4-3-5-11(12)16-13-14-7-8-15-17-13/h3-8H,9-10H2,1-2H3,(H,14,16,17). The van der Waals surface area contributed by atoms with Gasteiger partial charge in [-0.15, -0.1) is 5.10 Å². The predicted octanol–water partition coefficient (Wildman–Crippen LogP) is 1.56. The van der Waals surface area contributed by atoms with E-state index in [-0.39, 0.29) is 0 Å². The highest BCUT2D eigenvalue weighted by atomic mass is 16.5. The van der Waals surface area contributed by atoms with E-state index in [9.17, 15) is 0 Å². The second-order valence-corrected chi connectivity index (χ2v) is 4.24. The molecule has 0 aliphatic rings. The Balaban J connectivity index is 2.04. The van der Waals surface area contributed by atoms with E-state index in [1.807, 2.05) is 38.4 Å².